The standard InChI is InChI=1S/C18H28N2O/c1-5-10-19-14-17-9-8-16(13-18(17)21-4)15-20(11-6-2)12-7-3/h6-9,13,19H,2-3,5,10-12,14-15H2,1,4H3. The summed E-state index contributed by atoms with van der Waals surface area (Å²) in [4.78, 5) is 2.28. The van der Waals surface area contributed by atoms with Gasteiger partial charge in [0.2, 0.25) is 0 Å². The maximum absolute atomic E-state index is 5.52. The SMILES string of the molecule is C=CCN(CC=C)Cc1ccc(CNCCC)c(OC)c1. The Morgan fingerprint density at radius 2 is 1.95 bits per heavy atom. The minimum absolute atomic E-state index is 0.848. The maximum atomic E-state index is 5.52. The Kier molecular flexibility index (Phi) is 8.48. The molecule has 0 aliphatic heterocycles. The molecule has 0 spiro atoms. The molecule has 1 aromatic carbocycles. The quantitative estimate of drug-likeness (QED) is 0.499. The molecule has 0 amide bonds. The second-order valence-electron chi connectivity index (χ2n) is 5.09. The van der Waals surface area contributed by atoms with E-state index in [1.165, 1.54) is 11.1 Å². The summed E-state index contributed by atoms with van der Waals surface area (Å²) >= 11 is 0. The Hall–Kier alpha value is -1.58. The summed E-state index contributed by atoms with van der Waals surface area (Å²) in [5.41, 5.74) is 2.45. The molecule has 0 fully saturated rings. The van der Waals surface area contributed by atoms with Crippen LogP contribution in [-0.4, -0.2) is 31.6 Å². The van der Waals surface area contributed by atoms with Gasteiger partial charge in [-0.25, -0.2) is 0 Å². The zero-order chi connectivity index (χ0) is 15.5. The van der Waals surface area contributed by atoms with Gasteiger partial charge in [-0.05, 0) is 24.6 Å². The summed E-state index contributed by atoms with van der Waals surface area (Å²) in [6, 6.07) is 6.45. The Bertz CT molecular complexity index is 433. The van der Waals surface area contributed by atoms with Crippen LogP contribution in [-0.2, 0) is 13.1 Å². The average Bonchev–Trinajstić information content (AvgIpc) is 2.49. The van der Waals surface area contributed by atoms with E-state index in [9.17, 15) is 0 Å². The van der Waals surface area contributed by atoms with Crippen molar-refractivity contribution in [3.8, 4) is 5.75 Å². The summed E-state index contributed by atoms with van der Waals surface area (Å²) < 4.78 is 5.52. The van der Waals surface area contributed by atoms with Gasteiger partial charge in [0.15, 0.2) is 0 Å². The molecule has 0 aliphatic rings. The molecule has 0 atom stereocenters. The van der Waals surface area contributed by atoms with Crippen molar-refractivity contribution in [3.63, 3.8) is 0 Å². The third-order valence-electron chi connectivity index (χ3n) is 3.27. The van der Waals surface area contributed by atoms with Crippen molar-refractivity contribution in [2.24, 2.45) is 0 Å². The Balaban J connectivity index is 2.75. The molecule has 1 rings (SSSR count). The number of hydrogen-bond acceptors (Lipinski definition) is 3. The smallest absolute Gasteiger partial charge is 0.123 e. The summed E-state index contributed by atoms with van der Waals surface area (Å²) in [5, 5.41) is 3.41. The molecule has 116 valence electrons. The zero-order valence-corrected chi connectivity index (χ0v) is 13.4. The van der Waals surface area contributed by atoms with Crippen LogP contribution in [0.3, 0.4) is 0 Å². The number of nitrogens with one attached hydrogen (secondary N) is 1. The highest BCUT2D eigenvalue weighted by molar-refractivity contribution is 5.37. The van der Waals surface area contributed by atoms with Gasteiger partial charge in [-0.15, -0.1) is 13.2 Å². The van der Waals surface area contributed by atoms with E-state index in [0.717, 1.165) is 44.9 Å². The maximum Gasteiger partial charge on any atom is 0.123 e. The highest BCUT2D eigenvalue weighted by Crippen LogP contribution is 2.21. The lowest BCUT2D eigenvalue weighted by Gasteiger charge is -2.19. The van der Waals surface area contributed by atoms with Crippen molar-refractivity contribution < 1.29 is 4.74 Å². The van der Waals surface area contributed by atoms with Crippen LogP contribution in [0.25, 0.3) is 0 Å². The molecular formula is C18H28N2O. The molecule has 21 heavy (non-hydrogen) atoms. The molecule has 0 saturated heterocycles. The first-order valence-corrected chi connectivity index (χ1v) is 7.55. The topological polar surface area (TPSA) is 24.5 Å². The Morgan fingerprint density at radius 1 is 1.24 bits per heavy atom. The normalized spacial score (nSPS) is 10.6. The highest BCUT2D eigenvalue weighted by Gasteiger charge is 2.07. The lowest BCUT2D eigenvalue weighted by molar-refractivity contribution is 0.326. The second kappa shape index (κ2) is 10.2. The molecule has 0 saturated carbocycles. The molecule has 0 unspecified atom stereocenters. The summed E-state index contributed by atoms with van der Waals surface area (Å²) in [5.74, 6) is 0.952. The van der Waals surface area contributed by atoms with E-state index in [1.807, 2.05) is 12.2 Å². The average molecular weight is 288 g/mol. The number of benzene rings is 1. The van der Waals surface area contributed by atoms with Gasteiger partial charge in [-0.1, -0.05) is 31.2 Å². The fourth-order valence-electron chi connectivity index (χ4n) is 2.26. The summed E-state index contributed by atoms with van der Waals surface area (Å²) in [7, 11) is 1.73. The monoisotopic (exact) mass is 288 g/mol. The molecule has 3 heteroatoms. The third kappa shape index (κ3) is 6.15. The van der Waals surface area contributed by atoms with Crippen molar-refractivity contribution in [2.45, 2.75) is 26.4 Å². The molecule has 1 aromatic rings. The van der Waals surface area contributed by atoms with Gasteiger partial charge in [0.25, 0.3) is 0 Å². The minimum atomic E-state index is 0.848. The third-order valence-corrected chi connectivity index (χ3v) is 3.27. The fraction of sp³-hybridized carbons (Fsp3) is 0.444. The van der Waals surface area contributed by atoms with Crippen LogP contribution in [0.1, 0.15) is 24.5 Å². The van der Waals surface area contributed by atoms with E-state index in [2.05, 4.69) is 48.5 Å². The molecule has 3 nitrogen and oxygen atoms in total. The first-order valence-electron chi connectivity index (χ1n) is 7.55. The van der Waals surface area contributed by atoms with E-state index < -0.39 is 0 Å². The fourth-order valence-corrected chi connectivity index (χ4v) is 2.26. The molecule has 0 radical (unpaired) electrons. The van der Waals surface area contributed by atoms with Crippen molar-refractivity contribution in [2.75, 3.05) is 26.7 Å². The molecule has 0 aliphatic carbocycles. The van der Waals surface area contributed by atoms with Crippen LogP contribution in [0.2, 0.25) is 0 Å². The Morgan fingerprint density at radius 3 is 2.52 bits per heavy atom. The summed E-state index contributed by atoms with van der Waals surface area (Å²) in [6.07, 6.45) is 4.98. The van der Waals surface area contributed by atoms with Crippen LogP contribution >= 0.6 is 0 Å². The number of rotatable bonds is 11. The van der Waals surface area contributed by atoms with E-state index in [-0.39, 0.29) is 0 Å². The molecular weight excluding hydrogens is 260 g/mol. The minimum Gasteiger partial charge on any atom is -0.496 e. The van der Waals surface area contributed by atoms with Crippen molar-refractivity contribution in [1.29, 1.82) is 0 Å². The molecule has 1 N–H and O–H groups in total. The predicted molar refractivity (Wildman–Crippen MR) is 90.7 cm³/mol. The number of hydrogen-bond donors (Lipinski definition) is 1. The van der Waals surface area contributed by atoms with E-state index in [4.69, 9.17) is 4.74 Å². The summed E-state index contributed by atoms with van der Waals surface area (Å²) in [6.45, 7) is 14.2. The van der Waals surface area contributed by atoms with Gasteiger partial charge < -0.3 is 10.1 Å². The lowest BCUT2D eigenvalue weighted by atomic mass is 10.1. The van der Waals surface area contributed by atoms with Gasteiger partial charge in [0, 0.05) is 31.7 Å². The second-order valence-corrected chi connectivity index (χ2v) is 5.09. The lowest BCUT2D eigenvalue weighted by Crippen LogP contribution is -2.23. The van der Waals surface area contributed by atoms with Gasteiger partial charge in [0.1, 0.15) is 5.75 Å². The van der Waals surface area contributed by atoms with E-state index in [1.54, 1.807) is 7.11 Å². The van der Waals surface area contributed by atoms with E-state index in [0.29, 0.717) is 0 Å². The number of ether oxygens (including phenoxy) is 1. The van der Waals surface area contributed by atoms with Gasteiger partial charge in [0.05, 0.1) is 7.11 Å². The van der Waals surface area contributed by atoms with Crippen LogP contribution in [0.15, 0.2) is 43.5 Å². The molecule has 0 heterocycles. The van der Waals surface area contributed by atoms with Gasteiger partial charge >= 0.3 is 0 Å². The van der Waals surface area contributed by atoms with Crippen LogP contribution in [0.5, 0.6) is 5.75 Å². The Labute approximate surface area is 129 Å². The van der Waals surface area contributed by atoms with E-state index >= 15 is 0 Å². The van der Waals surface area contributed by atoms with Gasteiger partial charge in [-0.2, -0.15) is 0 Å². The number of methoxy groups -OCH3 is 1. The first-order chi connectivity index (χ1) is 10.2. The van der Waals surface area contributed by atoms with Crippen molar-refractivity contribution >= 4 is 0 Å². The zero-order valence-electron chi connectivity index (χ0n) is 13.4. The first kappa shape index (κ1) is 17.5. The van der Waals surface area contributed by atoms with Crippen molar-refractivity contribution in [1.82, 2.24) is 10.2 Å². The van der Waals surface area contributed by atoms with Crippen LogP contribution in [0, 0.1) is 0 Å². The predicted octanol–water partition coefficient (Wildman–Crippen LogP) is 3.37. The van der Waals surface area contributed by atoms with Gasteiger partial charge in [-0.3, -0.25) is 4.90 Å². The highest BCUT2D eigenvalue weighted by atomic mass is 16.5. The molecule has 0 bridgehead atoms. The molecule has 0 aromatic heterocycles. The van der Waals surface area contributed by atoms with Crippen LogP contribution < -0.4 is 10.1 Å². The number of nitrogens with zero attached hydrogens (tertiary/aromatic N) is 1. The largest absolute Gasteiger partial charge is 0.496 e. The van der Waals surface area contributed by atoms with Crippen molar-refractivity contribution in [3.05, 3.63) is 54.6 Å². The van der Waals surface area contributed by atoms with Crippen LogP contribution in [0.4, 0.5) is 0 Å².